The molecule has 1 saturated heterocycles. The topological polar surface area (TPSA) is 180 Å². The molecule has 0 spiro atoms. The molecule has 1 aromatic carbocycles. The number of aliphatic hydroxyl groups excluding tert-OH is 2. The summed E-state index contributed by atoms with van der Waals surface area (Å²) < 4.78 is 17.8. The Labute approximate surface area is 175 Å². The van der Waals surface area contributed by atoms with E-state index in [9.17, 15) is 19.6 Å². The largest absolute Gasteiger partial charge is 0.387 e. The van der Waals surface area contributed by atoms with Crippen molar-refractivity contribution in [3.05, 3.63) is 60.3 Å². The van der Waals surface area contributed by atoms with Gasteiger partial charge in [0.2, 0.25) is 0 Å². The van der Waals surface area contributed by atoms with E-state index in [1.54, 1.807) is 30.3 Å². The van der Waals surface area contributed by atoms with Crippen LogP contribution in [0.3, 0.4) is 0 Å². The van der Waals surface area contributed by atoms with Crippen LogP contribution in [-0.2, 0) is 9.30 Å². The van der Waals surface area contributed by atoms with Gasteiger partial charge in [-0.1, -0.05) is 18.2 Å². The van der Waals surface area contributed by atoms with Gasteiger partial charge >= 0.3 is 7.60 Å². The van der Waals surface area contributed by atoms with Gasteiger partial charge in [-0.3, -0.25) is 9.36 Å². The maximum Gasteiger partial charge on any atom is 0.348 e. The summed E-state index contributed by atoms with van der Waals surface area (Å²) in [5, 5.41) is 27.7. The second kappa shape index (κ2) is 8.27. The number of aromatic nitrogens is 4. The van der Waals surface area contributed by atoms with Crippen LogP contribution in [0.5, 0.6) is 0 Å². The number of fused-ring (bicyclic) bond motifs is 1. The standard InChI is InChI=1S/C18H18N5O7P/c24-13-12(6-7-31(27,28)29)30-18(14(13)25)23-16-11(8-21-23)15(19-9-20-16)22-17(26)10-4-2-1-3-5-10/h1-9,12-14,18,24-25H,(H2,27,28,29)(H,19,20,22,26)/b7-6+/t12-,13-,14-,18-/m1/s1. The predicted octanol–water partition coefficient (Wildman–Crippen LogP) is 0.389. The third kappa shape index (κ3) is 4.39. The monoisotopic (exact) mass is 447 g/mol. The minimum Gasteiger partial charge on any atom is -0.387 e. The van der Waals surface area contributed by atoms with Crippen LogP contribution in [0.25, 0.3) is 11.0 Å². The maximum absolute atomic E-state index is 12.4. The van der Waals surface area contributed by atoms with E-state index in [0.29, 0.717) is 16.8 Å². The van der Waals surface area contributed by atoms with Crippen LogP contribution >= 0.6 is 7.60 Å². The number of anilines is 1. The van der Waals surface area contributed by atoms with Gasteiger partial charge in [0.25, 0.3) is 5.91 Å². The first-order chi connectivity index (χ1) is 14.7. The highest BCUT2D eigenvalue weighted by Crippen LogP contribution is 2.38. The molecule has 0 radical (unpaired) electrons. The molecule has 162 valence electrons. The van der Waals surface area contributed by atoms with Crippen LogP contribution in [0.1, 0.15) is 16.6 Å². The van der Waals surface area contributed by atoms with Crippen molar-refractivity contribution in [3.8, 4) is 0 Å². The highest BCUT2D eigenvalue weighted by Gasteiger charge is 2.44. The predicted molar refractivity (Wildman–Crippen MR) is 107 cm³/mol. The van der Waals surface area contributed by atoms with Crippen molar-refractivity contribution in [3.63, 3.8) is 0 Å². The minimum absolute atomic E-state index is 0.191. The summed E-state index contributed by atoms with van der Waals surface area (Å²) in [6, 6.07) is 8.53. The molecule has 0 saturated carbocycles. The maximum atomic E-state index is 12.4. The lowest BCUT2D eigenvalue weighted by molar-refractivity contribution is -0.0318. The Morgan fingerprint density at radius 3 is 2.61 bits per heavy atom. The lowest BCUT2D eigenvalue weighted by Crippen LogP contribution is -2.31. The molecule has 0 bridgehead atoms. The number of rotatable bonds is 5. The number of ether oxygens (including phenoxy) is 1. The van der Waals surface area contributed by atoms with Gasteiger partial charge in [-0.2, -0.15) is 5.10 Å². The van der Waals surface area contributed by atoms with Crippen LogP contribution in [0.2, 0.25) is 0 Å². The molecule has 3 heterocycles. The fraction of sp³-hybridized carbons (Fsp3) is 0.222. The van der Waals surface area contributed by atoms with E-state index in [1.807, 2.05) is 0 Å². The Morgan fingerprint density at radius 1 is 1.16 bits per heavy atom. The number of carbonyl (C=O) groups excluding carboxylic acids is 1. The van der Waals surface area contributed by atoms with Crippen LogP contribution in [0.4, 0.5) is 5.82 Å². The first-order valence-electron chi connectivity index (χ1n) is 9.05. The van der Waals surface area contributed by atoms with Crippen molar-refractivity contribution >= 4 is 30.4 Å². The summed E-state index contributed by atoms with van der Waals surface area (Å²) in [4.78, 5) is 38.6. The molecular formula is C18H18N5O7P. The molecule has 1 amide bonds. The van der Waals surface area contributed by atoms with E-state index in [0.717, 1.165) is 6.08 Å². The number of carbonyl (C=O) groups is 1. The third-order valence-corrected chi connectivity index (χ3v) is 5.21. The summed E-state index contributed by atoms with van der Waals surface area (Å²) in [7, 11) is -4.47. The Kier molecular flexibility index (Phi) is 5.67. The highest BCUT2D eigenvalue weighted by atomic mass is 31.2. The van der Waals surface area contributed by atoms with Crippen molar-refractivity contribution in [2.45, 2.75) is 24.5 Å². The molecule has 13 heteroatoms. The van der Waals surface area contributed by atoms with Crippen LogP contribution in [-0.4, -0.2) is 64.0 Å². The van der Waals surface area contributed by atoms with E-state index in [-0.39, 0.29) is 17.4 Å². The average molecular weight is 447 g/mol. The van der Waals surface area contributed by atoms with Gasteiger partial charge in [0.05, 0.1) is 11.6 Å². The highest BCUT2D eigenvalue weighted by molar-refractivity contribution is 7.55. The zero-order chi connectivity index (χ0) is 22.2. The average Bonchev–Trinajstić information content (AvgIpc) is 3.29. The number of amides is 1. The van der Waals surface area contributed by atoms with E-state index in [4.69, 9.17) is 14.5 Å². The minimum atomic E-state index is -4.47. The van der Waals surface area contributed by atoms with Crippen molar-refractivity contribution in [1.82, 2.24) is 19.7 Å². The molecule has 3 aromatic rings. The molecule has 1 aliphatic rings. The Bertz CT molecular complexity index is 1180. The number of nitrogens with one attached hydrogen (secondary N) is 1. The van der Waals surface area contributed by atoms with Gasteiger partial charge in [0.1, 0.15) is 30.5 Å². The van der Waals surface area contributed by atoms with E-state index in [2.05, 4.69) is 20.4 Å². The molecule has 5 N–H and O–H groups in total. The fourth-order valence-electron chi connectivity index (χ4n) is 3.16. The zero-order valence-corrected chi connectivity index (χ0v) is 16.6. The quantitative estimate of drug-likeness (QED) is 0.343. The van der Waals surface area contributed by atoms with Gasteiger partial charge in [0.15, 0.2) is 11.9 Å². The number of hydrogen-bond acceptors (Lipinski definition) is 8. The number of hydrogen-bond donors (Lipinski definition) is 5. The van der Waals surface area contributed by atoms with Gasteiger partial charge in [0, 0.05) is 11.4 Å². The van der Waals surface area contributed by atoms with Gasteiger partial charge in [-0.05, 0) is 18.2 Å². The van der Waals surface area contributed by atoms with Crippen molar-refractivity contribution in [1.29, 1.82) is 0 Å². The number of nitrogens with zero attached hydrogens (tertiary/aromatic N) is 4. The summed E-state index contributed by atoms with van der Waals surface area (Å²) in [6.07, 6.45) is -1.71. The first-order valence-corrected chi connectivity index (χ1v) is 10.7. The van der Waals surface area contributed by atoms with Crippen molar-refractivity contribution in [2.75, 3.05) is 5.32 Å². The normalized spacial score (nSPS) is 24.1. The molecule has 0 unspecified atom stereocenters. The number of benzene rings is 1. The van der Waals surface area contributed by atoms with E-state index in [1.165, 1.54) is 17.2 Å². The molecule has 2 aromatic heterocycles. The summed E-state index contributed by atoms with van der Waals surface area (Å²) >= 11 is 0. The summed E-state index contributed by atoms with van der Waals surface area (Å²) in [5.41, 5.74) is 0.647. The Balaban J connectivity index is 1.61. The van der Waals surface area contributed by atoms with E-state index >= 15 is 0 Å². The van der Waals surface area contributed by atoms with Gasteiger partial charge < -0.3 is 30.1 Å². The van der Waals surface area contributed by atoms with Crippen molar-refractivity contribution < 1.29 is 34.1 Å². The third-order valence-electron chi connectivity index (χ3n) is 4.65. The molecule has 4 rings (SSSR count). The Morgan fingerprint density at radius 2 is 1.90 bits per heavy atom. The second-order valence-electron chi connectivity index (χ2n) is 6.77. The number of aliphatic hydroxyl groups is 2. The van der Waals surface area contributed by atoms with E-state index < -0.39 is 32.1 Å². The van der Waals surface area contributed by atoms with Gasteiger partial charge in [-0.25, -0.2) is 14.6 Å². The molecule has 0 aliphatic carbocycles. The molecule has 1 fully saturated rings. The zero-order valence-electron chi connectivity index (χ0n) is 15.8. The van der Waals surface area contributed by atoms with Crippen LogP contribution < -0.4 is 5.32 Å². The SMILES string of the molecule is O=C(Nc1ncnc2c1cnn2[C@@H]1O[C@H](/C=C/P(=O)(O)O)[C@@H](O)[C@H]1O)c1ccccc1. The van der Waals surface area contributed by atoms with Crippen molar-refractivity contribution in [2.24, 2.45) is 0 Å². The lowest BCUT2D eigenvalue weighted by Gasteiger charge is -2.15. The summed E-state index contributed by atoms with van der Waals surface area (Å²) in [5.74, 6) is 0.399. The smallest absolute Gasteiger partial charge is 0.348 e. The summed E-state index contributed by atoms with van der Waals surface area (Å²) in [6.45, 7) is 0. The molecule has 31 heavy (non-hydrogen) atoms. The van der Waals surface area contributed by atoms with Crippen LogP contribution in [0, 0.1) is 0 Å². The lowest BCUT2D eigenvalue weighted by atomic mass is 10.1. The second-order valence-corrected chi connectivity index (χ2v) is 8.25. The molecule has 12 nitrogen and oxygen atoms in total. The van der Waals surface area contributed by atoms with Gasteiger partial charge in [-0.15, -0.1) is 0 Å². The molecule has 4 atom stereocenters. The Hall–Kier alpha value is -2.99. The fourth-order valence-corrected chi connectivity index (χ4v) is 3.55. The van der Waals surface area contributed by atoms with Crippen LogP contribution in [0.15, 0.2) is 54.7 Å². The molecular weight excluding hydrogens is 429 g/mol. The molecule has 1 aliphatic heterocycles. The first kappa shape index (κ1) is 21.2.